The molecule has 4 rings (SSSR count). The Labute approximate surface area is 192 Å². The quantitative estimate of drug-likeness (QED) is 0.450. The minimum Gasteiger partial charge on any atom is -0.490 e. The summed E-state index contributed by atoms with van der Waals surface area (Å²) in [5, 5.41) is 0. The molecule has 1 saturated heterocycles. The van der Waals surface area contributed by atoms with Crippen LogP contribution >= 0.6 is 0 Å². The van der Waals surface area contributed by atoms with Gasteiger partial charge in [0, 0.05) is 43.1 Å². The lowest BCUT2D eigenvalue weighted by atomic mass is 10.0. The predicted octanol–water partition coefficient (Wildman–Crippen LogP) is 4.96. The third-order valence-corrected chi connectivity index (χ3v) is 6.57. The smallest absolute Gasteiger partial charge is 0.417 e. The number of nitrogens with zero attached hydrogens (tertiary/aromatic N) is 2. The van der Waals surface area contributed by atoms with Gasteiger partial charge in [-0.15, -0.1) is 0 Å². The lowest BCUT2D eigenvalue weighted by Crippen LogP contribution is -2.49. The van der Waals surface area contributed by atoms with Crippen molar-refractivity contribution in [2.45, 2.75) is 11.1 Å². The molecule has 0 aliphatic carbocycles. The first-order valence-corrected chi connectivity index (χ1v) is 12.0. The molecule has 11 heteroatoms. The predicted molar refractivity (Wildman–Crippen MR) is 115 cm³/mol. The summed E-state index contributed by atoms with van der Waals surface area (Å²) in [6.45, 7) is 0.996. The second kappa shape index (κ2) is 8.86. The molecule has 0 radical (unpaired) electrons. The first-order chi connectivity index (χ1) is 15.9. The molecule has 0 atom stereocenters. The van der Waals surface area contributed by atoms with Crippen molar-refractivity contribution in [3.05, 3.63) is 71.9 Å². The highest BCUT2D eigenvalue weighted by Gasteiger charge is 2.32. The van der Waals surface area contributed by atoms with Crippen molar-refractivity contribution in [1.29, 1.82) is 0 Å². The monoisotopic (exact) mass is 498 g/mol. The number of benzene rings is 2. The second-order valence-corrected chi connectivity index (χ2v) is 10.1. The van der Waals surface area contributed by atoms with E-state index < -0.39 is 33.2 Å². The summed E-state index contributed by atoms with van der Waals surface area (Å²) in [7, 11) is -3.41. The minimum absolute atomic E-state index is 0.0326. The molecular formula is C23H19F5N2O3S. The number of rotatable bonds is 6. The summed E-state index contributed by atoms with van der Waals surface area (Å²) in [6.07, 6.45) is -2.63. The zero-order valence-corrected chi connectivity index (χ0v) is 18.6. The van der Waals surface area contributed by atoms with Crippen molar-refractivity contribution in [3.8, 4) is 16.9 Å². The summed E-state index contributed by atoms with van der Waals surface area (Å²) >= 11 is 0. The van der Waals surface area contributed by atoms with Gasteiger partial charge in [0.2, 0.25) is 0 Å². The Hall–Kier alpha value is -3.21. The fourth-order valence-electron chi connectivity index (χ4n) is 3.55. The van der Waals surface area contributed by atoms with Gasteiger partial charge in [0.1, 0.15) is 11.6 Å². The molecule has 0 unspecified atom stereocenters. The van der Waals surface area contributed by atoms with Crippen LogP contribution in [0.5, 0.6) is 5.75 Å². The normalized spacial score (nSPS) is 14.7. The van der Waals surface area contributed by atoms with Gasteiger partial charge in [-0.2, -0.15) is 13.2 Å². The molecule has 180 valence electrons. The van der Waals surface area contributed by atoms with E-state index in [2.05, 4.69) is 4.98 Å². The van der Waals surface area contributed by atoms with Gasteiger partial charge in [-0.25, -0.2) is 22.2 Å². The number of ether oxygens (including phenoxy) is 1. The number of hydrogen-bond donors (Lipinski definition) is 0. The van der Waals surface area contributed by atoms with Crippen LogP contribution < -0.4 is 9.64 Å². The highest BCUT2D eigenvalue weighted by molar-refractivity contribution is 7.90. The van der Waals surface area contributed by atoms with Crippen LogP contribution in [0.15, 0.2) is 59.6 Å². The number of sulfone groups is 1. The molecule has 0 bridgehead atoms. The first-order valence-electron chi connectivity index (χ1n) is 10.1. The average molecular weight is 498 g/mol. The average Bonchev–Trinajstić information content (AvgIpc) is 2.74. The molecule has 34 heavy (non-hydrogen) atoms. The Morgan fingerprint density at radius 1 is 1.03 bits per heavy atom. The number of hydrogen-bond acceptors (Lipinski definition) is 5. The van der Waals surface area contributed by atoms with Gasteiger partial charge in [0.15, 0.2) is 21.4 Å². The Morgan fingerprint density at radius 3 is 2.26 bits per heavy atom. The molecule has 3 aromatic rings. The van der Waals surface area contributed by atoms with Crippen LogP contribution in [0, 0.1) is 17.6 Å². The van der Waals surface area contributed by atoms with E-state index >= 15 is 0 Å². The van der Waals surface area contributed by atoms with Crippen LogP contribution in [0.2, 0.25) is 0 Å². The number of aromatic nitrogens is 1. The van der Waals surface area contributed by atoms with Crippen LogP contribution in [0.3, 0.4) is 0 Å². The molecule has 1 fully saturated rings. The van der Waals surface area contributed by atoms with Crippen molar-refractivity contribution in [2.24, 2.45) is 5.92 Å². The molecule has 1 aromatic heterocycles. The van der Waals surface area contributed by atoms with Crippen LogP contribution in [-0.4, -0.2) is 39.4 Å². The molecule has 1 aliphatic rings. The van der Waals surface area contributed by atoms with E-state index in [0.717, 1.165) is 30.7 Å². The molecule has 1 aliphatic heterocycles. The van der Waals surface area contributed by atoms with Gasteiger partial charge in [-0.3, -0.25) is 0 Å². The van der Waals surface area contributed by atoms with Gasteiger partial charge in [-0.1, -0.05) is 12.1 Å². The second-order valence-electron chi connectivity index (χ2n) is 8.04. The molecule has 0 N–H and O–H groups in total. The van der Waals surface area contributed by atoms with Gasteiger partial charge in [0.05, 0.1) is 17.1 Å². The lowest BCUT2D eigenvalue weighted by molar-refractivity contribution is -0.137. The SMILES string of the molecule is CS(=O)(=O)c1ccc(-c2cc(F)c(OCC3CN(c4ccc(C(F)(F)F)cn4)C3)cc2F)cc1. The van der Waals surface area contributed by atoms with Crippen LogP contribution in [0.1, 0.15) is 5.56 Å². The third kappa shape index (κ3) is 5.14. The van der Waals surface area contributed by atoms with Crippen molar-refractivity contribution >= 4 is 15.7 Å². The van der Waals surface area contributed by atoms with E-state index in [9.17, 15) is 30.4 Å². The van der Waals surface area contributed by atoms with Crippen LogP contribution in [0.4, 0.5) is 27.8 Å². The molecule has 2 aromatic carbocycles. The number of anilines is 1. The highest BCUT2D eigenvalue weighted by Crippen LogP contribution is 2.32. The maximum absolute atomic E-state index is 14.6. The van der Waals surface area contributed by atoms with Crippen molar-refractivity contribution in [1.82, 2.24) is 4.98 Å². The van der Waals surface area contributed by atoms with Gasteiger partial charge < -0.3 is 9.64 Å². The van der Waals surface area contributed by atoms with E-state index in [1.54, 1.807) is 4.90 Å². The molecule has 5 nitrogen and oxygen atoms in total. The zero-order chi connectivity index (χ0) is 24.7. The van der Waals surface area contributed by atoms with E-state index in [0.29, 0.717) is 24.5 Å². The van der Waals surface area contributed by atoms with E-state index in [-0.39, 0.29) is 28.7 Å². The zero-order valence-electron chi connectivity index (χ0n) is 17.8. The minimum atomic E-state index is -4.45. The summed E-state index contributed by atoms with van der Waals surface area (Å²) in [5.74, 6) is -1.40. The van der Waals surface area contributed by atoms with E-state index in [1.165, 1.54) is 30.3 Å². The Balaban J connectivity index is 1.36. The van der Waals surface area contributed by atoms with Crippen molar-refractivity contribution in [2.75, 3.05) is 30.9 Å². The molecule has 2 heterocycles. The molecule has 0 saturated carbocycles. The van der Waals surface area contributed by atoms with Crippen molar-refractivity contribution < 1.29 is 35.1 Å². The lowest BCUT2D eigenvalue weighted by Gasteiger charge is -2.40. The topological polar surface area (TPSA) is 59.5 Å². The Bertz CT molecular complexity index is 1290. The van der Waals surface area contributed by atoms with Gasteiger partial charge in [-0.05, 0) is 35.9 Å². The Morgan fingerprint density at radius 2 is 1.71 bits per heavy atom. The largest absolute Gasteiger partial charge is 0.490 e. The van der Waals surface area contributed by atoms with E-state index in [4.69, 9.17) is 4.74 Å². The highest BCUT2D eigenvalue weighted by atomic mass is 32.2. The summed E-state index contributed by atoms with van der Waals surface area (Å²) in [5.41, 5.74) is -0.550. The van der Waals surface area contributed by atoms with Crippen LogP contribution in [-0.2, 0) is 16.0 Å². The first kappa shape index (κ1) is 23.9. The Kier molecular flexibility index (Phi) is 6.24. The standard InChI is InChI=1S/C23H19F5N2O3S/c1-34(31,32)17-5-2-15(3-6-17)18-8-20(25)21(9-19(18)24)33-13-14-11-30(12-14)22-7-4-16(10-29-22)23(26,27)28/h2-10,14H,11-13H2,1H3. The van der Waals surface area contributed by atoms with Crippen LogP contribution in [0.25, 0.3) is 11.1 Å². The number of halogens is 5. The fourth-order valence-corrected chi connectivity index (χ4v) is 4.18. The maximum atomic E-state index is 14.6. The summed E-state index contributed by atoms with van der Waals surface area (Å²) in [6, 6.07) is 9.60. The fraction of sp³-hybridized carbons (Fsp3) is 0.261. The third-order valence-electron chi connectivity index (χ3n) is 5.45. The molecular weight excluding hydrogens is 479 g/mol. The summed E-state index contributed by atoms with van der Waals surface area (Å²) in [4.78, 5) is 5.65. The van der Waals surface area contributed by atoms with E-state index in [1.807, 2.05) is 0 Å². The van der Waals surface area contributed by atoms with Gasteiger partial charge in [0.25, 0.3) is 0 Å². The summed E-state index contributed by atoms with van der Waals surface area (Å²) < 4.78 is 95.6. The molecule has 0 amide bonds. The van der Waals surface area contributed by atoms with Gasteiger partial charge >= 0.3 is 6.18 Å². The number of pyridine rings is 1. The number of alkyl halides is 3. The van der Waals surface area contributed by atoms with Crippen molar-refractivity contribution in [3.63, 3.8) is 0 Å². The molecule has 0 spiro atoms. The maximum Gasteiger partial charge on any atom is 0.417 e.